The standard InChI is InChI=1S/C16H26N4O/c1-11(2)15-14(16(19(4)5)20(6)18-15)10-17-9-13-7-8-21-12(13)3/h7-8,11,17H,9-10H2,1-6H3. The van der Waals surface area contributed by atoms with E-state index in [-0.39, 0.29) is 0 Å². The van der Waals surface area contributed by atoms with Crippen LogP contribution in [-0.2, 0) is 20.1 Å². The zero-order valence-electron chi connectivity index (χ0n) is 13.9. The Kier molecular flexibility index (Phi) is 4.73. The molecule has 0 aliphatic carbocycles. The van der Waals surface area contributed by atoms with E-state index in [1.54, 1.807) is 6.26 Å². The first-order valence-electron chi connectivity index (χ1n) is 7.38. The highest BCUT2D eigenvalue weighted by Gasteiger charge is 2.19. The summed E-state index contributed by atoms with van der Waals surface area (Å²) in [7, 11) is 6.13. The summed E-state index contributed by atoms with van der Waals surface area (Å²) in [6.45, 7) is 7.98. The molecule has 0 saturated carbocycles. The fraction of sp³-hybridized carbons (Fsp3) is 0.562. The summed E-state index contributed by atoms with van der Waals surface area (Å²) >= 11 is 0. The minimum absolute atomic E-state index is 0.414. The summed E-state index contributed by atoms with van der Waals surface area (Å²) in [5.41, 5.74) is 3.65. The molecule has 0 spiro atoms. The second kappa shape index (κ2) is 6.35. The minimum atomic E-state index is 0.414. The Labute approximate surface area is 126 Å². The van der Waals surface area contributed by atoms with Gasteiger partial charge in [-0.25, -0.2) is 0 Å². The number of aryl methyl sites for hydroxylation is 2. The molecule has 2 heterocycles. The number of rotatable bonds is 6. The van der Waals surface area contributed by atoms with Crippen LogP contribution in [0, 0.1) is 6.92 Å². The summed E-state index contributed by atoms with van der Waals surface area (Å²) in [6.07, 6.45) is 1.74. The molecular formula is C16H26N4O. The van der Waals surface area contributed by atoms with Crippen molar-refractivity contribution in [3.8, 4) is 0 Å². The molecule has 5 nitrogen and oxygen atoms in total. The van der Waals surface area contributed by atoms with E-state index in [9.17, 15) is 0 Å². The molecule has 2 aromatic heterocycles. The van der Waals surface area contributed by atoms with Gasteiger partial charge in [0.05, 0.1) is 12.0 Å². The van der Waals surface area contributed by atoms with Crippen LogP contribution in [0.5, 0.6) is 0 Å². The number of aromatic nitrogens is 2. The van der Waals surface area contributed by atoms with Crippen LogP contribution in [0.4, 0.5) is 5.82 Å². The molecule has 116 valence electrons. The lowest BCUT2D eigenvalue weighted by Gasteiger charge is -2.16. The highest BCUT2D eigenvalue weighted by Crippen LogP contribution is 2.27. The summed E-state index contributed by atoms with van der Waals surface area (Å²) in [5.74, 6) is 2.55. The number of furan rings is 1. The Hall–Kier alpha value is -1.75. The first-order valence-corrected chi connectivity index (χ1v) is 7.38. The van der Waals surface area contributed by atoms with Gasteiger partial charge >= 0.3 is 0 Å². The number of hydrogen-bond acceptors (Lipinski definition) is 4. The highest BCUT2D eigenvalue weighted by molar-refractivity contribution is 5.50. The van der Waals surface area contributed by atoms with Gasteiger partial charge in [0.25, 0.3) is 0 Å². The summed E-state index contributed by atoms with van der Waals surface area (Å²) in [6, 6.07) is 2.02. The third-order valence-electron chi connectivity index (χ3n) is 3.70. The zero-order valence-corrected chi connectivity index (χ0v) is 13.9. The molecule has 0 radical (unpaired) electrons. The maximum Gasteiger partial charge on any atom is 0.130 e. The number of anilines is 1. The molecule has 21 heavy (non-hydrogen) atoms. The maximum absolute atomic E-state index is 5.33. The molecule has 0 fully saturated rings. The van der Waals surface area contributed by atoms with Crippen molar-refractivity contribution in [1.82, 2.24) is 15.1 Å². The summed E-state index contributed by atoms with van der Waals surface area (Å²) < 4.78 is 7.30. The van der Waals surface area contributed by atoms with E-state index in [0.29, 0.717) is 5.92 Å². The zero-order chi connectivity index (χ0) is 15.6. The topological polar surface area (TPSA) is 46.2 Å². The van der Waals surface area contributed by atoms with E-state index in [1.807, 2.05) is 24.7 Å². The third kappa shape index (κ3) is 3.29. The van der Waals surface area contributed by atoms with E-state index in [2.05, 4.69) is 43.3 Å². The molecule has 2 rings (SSSR count). The Morgan fingerprint density at radius 3 is 2.57 bits per heavy atom. The number of nitrogens with one attached hydrogen (secondary N) is 1. The van der Waals surface area contributed by atoms with Gasteiger partial charge in [0.15, 0.2) is 0 Å². The smallest absolute Gasteiger partial charge is 0.130 e. The van der Waals surface area contributed by atoms with Crippen molar-refractivity contribution >= 4 is 5.82 Å². The van der Waals surface area contributed by atoms with Crippen LogP contribution in [-0.4, -0.2) is 23.9 Å². The Morgan fingerprint density at radius 1 is 1.33 bits per heavy atom. The van der Waals surface area contributed by atoms with Crippen LogP contribution < -0.4 is 10.2 Å². The van der Waals surface area contributed by atoms with Gasteiger partial charge in [-0.05, 0) is 18.9 Å². The quantitative estimate of drug-likeness (QED) is 0.888. The first-order chi connectivity index (χ1) is 9.91. The van der Waals surface area contributed by atoms with Gasteiger partial charge in [-0.3, -0.25) is 4.68 Å². The van der Waals surface area contributed by atoms with Crippen LogP contribution in [0.3, 0.4) is 0 Å². The molecule has 0 amide bonds. The number of nitrogens with zero attached hydrogens (tertiary/aromatic N) is 3. The Balaban J connectivity index is 2.16. The molecule has 0 bridgehead atoms. The molecule has 1 N–H and O–H groups in total. The molecule has 0 aliphatic heterocycles. The van der Waals surface area contributed by atoms with Gasteiger partial charge < -0.3 is 14.6 Å². The van der Waals surface area contributed by atoms with Crippen molar-refractivity contribution < 1.29 is 4.42 Å². The summed E-state index contributed by atoms with van der Waals surface area (Å²) in [4.78, 5) is 2.12. The van der Waals surface area contributed by atoms with Crippen molar-refractivity contribution in [3.63, 3.8) is 0 Å². The molecule has 0 aromatic carbocycles. The molecule has 2 aromatic rings. The van der Waals surface area contributed by atoms with Gasteiger partial charge in [-0.1, -0.05) is 13.8 Å². The van der Waals surface area contributed by atoms with Crippen molar-refractivity contribution in [3.05, 3.63) is 34.9 Å². The molecule has 0 atom stereocenters. The fourth-order valence-electron chi connectivity index (χ4n) is 2.69. The van der Waals surface area contributed by atoms with Crippen LogP contribution in [0.25, 0.3) is 0 Å². The van der Waals surface area contributed by atoms with E-state index >= 15 is 0 Å². The van der Waals surface area contributed by atoms with E-state index in [4.69, 9.17) is 4.42 Å². The maximum atomic E-state index is 5.33. The molecule has 5 heteroatoms. The normalized spacial score (nSPS) is 11.4. The van der Waals surface area contributed by atoms with E-state index < -0.39 is 0 Å². The van der Waals surface area contributed by atoms with Crippen LogP contribution >= 0.6 is 0 Å². The van der Waals surface area contributed by atoms with Gasteiger partial charge in [0, 0.05) is 45.4 Å². The number of hydrogen-bond donors (Lipinski definition) is 1. The molecular weight excluding hydrogens is 264 g/mol. The molecule has 0 aliphatic rings. The van der Waals surface area contributed by atoms with Crippen LogP contribution in [0.15, 0.2) is 16.7 Å². The highest BCUT2D eigenvalue weighted by atomic mass is 16.3. The Morgan fingerprint density at radius 2 is 2.05 bits per heavy atom. The average Bonchev–Trinajstić information content (AvgIpc) is 2.94. The lowest BCUT2D eigenvalue weighted by Crippen LogP contribution is -2.19. The van der Waals surface area contributed by atoms with Crippen LogP contribution in [0.2, 0.25) is 0 Å². The second-order valence-corrected chi connectivity index (χ2v) is 5.97. The van der Waals surface area contributed by atoms with Crippen molar-refractivity contribution in [1.29, 1.82) is 0 Å². The van der Waals surface area contributed by atoms with Gasteiger partial charge in [0.2, 0.25) is 0 Å². The molecule has 0 unspecified atom stereocenters. The van der Waals surface area contributed by atoms with E-state index in [1.165, 1.54) is 11.1 Å². The monoisotopic (exact) mass is 290 g/mol. The van der Waals surface area contributed by atoms with Crippen LogP contribution in [0.1, 0.15) is 42.3 Å². The van der Waals surface area contributed by atoms with E-state index in [0.717, 1.165) is 30.4 Å². The van der Waals surface area contributed by atoms with Gasteiger partial charge in [-0.2, -0.15) is 5.10 Å². The predicted octanol–water partition coefficient (Wildman–Crippen LogP) is 2.80. The fourth-order valence-corrected chi connectivity index (χ4v) is 2.69. The van der Waals surface area contributed by atoms with Gasteiger partial charge in [-0.15, -0.1) is 0 Å². The lowest BCUT2D eigenvalue weighted by atomic mass is 10.1. The summed E-state index contributed by atoms with van der Waals surface area (Å²) in [5, 5.41) is 8.19. The van der Waals surface area contributed by atoms with Crippen molar-refractivity contribution in [2.24, 2.45) is 7.05 Å². The molecule has 0 saturated heterocycles. The lowest BCUT2D eigenvalue weighted by molar-refractivity contribution is 0.526. The van der Waals surface area contributed by atoms with Crippen molar-refractivity contribution in [2.75, 3.05) is 19.0 Å². The average molecular weight is 290 g/mol. The second-order valence-electron chi connectivity index (χ2n) is 5.97. The predicted molar refractivity (Wildman–Crippen MR) is 85.6 cm³/mol. The SMILES string of the molecule is Cc1occc1CNCc1c(C(C)C)nn(C)c1N(C)C. The van der Waals surface area contributed by atoms with Gasteiger partial charge in [0.1, 0.15) is 11.6 Å². The minimum Gasteiger partial charge on any atom is -0.469 e. The Bertz CT molecular complexity index is 595. The first kappa shape index (κ1) is 15.6. The largest absolute Gasteiger partial charge is 0.469 e. The third-order valence-corrected chi connectivity index (χ3v) is 3.70. The van der Waals surface area contributed by atoms with Crippen molar-refractivity contribution in [2.45, 2.75) is 39.8 Å².